The van der Waals surface area contributed by atoms with E-state index in [9.17, 15) is 0 Å². The third-order valence-corrected chi connectivity index (χ3v) is 2.64. The Labute approximate surface area is 101 Å². The lowest BCUT2D eigenvalue weighted by atomic mass is 10.1. The Morgan fingerprint density at radius 3 is 2.82 bits per heavy atom. The maximum absolute atomic E-state index is 5.19. The highest BCUT2D eigenvalue weighted by molar-refractivity contribution is 5.49. The van der Waals surface area contributed by atoms with E-state index in [4.69, 9.17) is 4.74 Å². The van der Waals surface area contributed by atoms with Crippen LogP contribution in [0.3, 0.4) is 0 Å². The van der Waals surface area contributed by atoms with E-state index in [1.165, 1.54) is 0 Å². The van der Waals surface area contributed by atoms with E-state index in [2.05, 4.69) is 23.3 Å². The molecular formula is C14H16N2O. The first-order valence-electron chi connectivity index (χ1n) is 5.60. The van der Waals surface area contributed by atoms with Gasteiger partial charge in [0.2, 0.25) is 0 Å². The Balaban J connectivity index is 2.10. The van der Waals surface area contributed by atoms with Crippen molar-refractivity contribution in [3.8, 4) is 5.75 Å². The van der Waals surface area contributed by atoms with Crippen LogP contribution in [0.5, 0.6) is 5.75 Å². The number of benzene rings is 1. The summed E-state index contributed by atoms with van der Waals surface area (Å²) in [6.45, 7) is 2.11. The van der Waals surface area contributed by atoms with Crippen molar-refractivity contribution in [3.63, 3.8) is 0 Å². The molecule has 0 aliphatic heterocycles. The molecule has 0 saturated carbocycles. The Morgan fingerprint density at radius 2 is 2.12 bits per heavy atom. The number of hydrogen-bond acceptors (Lipinski definition) is 3. The van der Waals surface area contributed by atoms with E-state index in [0.717, 1.165) is 17.0 Å². The van der Waals surface area contributed by atoms with Crippen LogP contribution in [0.4, 0.5) is 5.69 Å². The van der Waals surface area contributed by atoms with Crippen molar-refractivity contribution in [2.75, 3.05) is 12.4 Å². The number of nitrogens with one attached hydrogen (secondary N) is 1. The number of rotatable bonds is 4. The van der Waals surface area contributed by atoms with Crippen molar-refractivity contribution in [1.82, 2.24) is 4.98 Å². The molecule has 1 atom stereocenters. The molecule has 1 N–H and O–H groups in total. The average molecular weight is 228 g/mol. The third-order valence-electron chi connectivity index (χ3n) is 2.64. The highest BCUT2D eigenvalue weighted by Crippen LogP contribution is 2.21. The summed E-state index contributed by atoms with van der Waals surface area (Å²) in [5.41, 5.74) is 2.20. The second-order valence-corrected chi connectivity index (χ2v) is 3.88. The molecular weight excluding hydrogens is 212 g/mol. The lowest BCUT2D eigenvalue weighted by molar-refractivity contribution is 0.415. The van der Waals surface area contributed by atoms with Gasteiger partial charge in [-0.2, -0.15) is 0 Å². The van der Waals surface area contributed by atoms with Crippen LogP contribution in [-0.4, -0.2) is 12.1 Å². The molecule has 0 aliphatic rings. The largest absolute Gasteiger partial charge is 0.497 e. The van der Waals surface area contributed by atoms with Gasteiger partial charge in [-0.1, -0.05) is 12.1 Å². The smallest absolute Gasteiger partial charge is 0.120 e. The molecule has 2 rings (SSSR count). The standard InChI is InChI=1S/C14H16N2O/c1-11(12-5-4-8-15-10-12)16-13-6-3-7-14(9-13)17-2/h3-11,16H,1-2H3. The van der Waals surface area contributed by atoms with Crippen LogP contribution in [-0.2, 0) is 0 Å². The number of pyridine rings is 1. The second kappa shape index (κ2) is 5.34. The van der Waals surface area contributed by atoms with E-state index in [1.54, 1.807) is 13.3 Å². The molecule has 0 fully saturated rings. The summed E-state index contributed by atoms with van der Waals surface area (Å²) in [6.07, 6.45) is 3.65. The van der Waals surface area contributed by atoms with Gasteiger partial charge in [-0.15, -0.1) is 0 Å². The van der Waals surface area contributed by atoms with Crippen LogP contribution in [0.25, 0.3) is 0 Å². The minimum atomic E-state index is 0.218. The number of nitrogens with zero attached hydrogens (tertiary/aromatic N) is 1. The highest BCUT2D eigenvalue weighted by Gasteiger charge is 2.05. The minimum absolute atomic E-state index is 0.218. The molecule has 3 heteroatoms. The topological polar surface area (TPSA) is 34.1 Å². The Bertz CT molecular complexity index is 471. The summed E-state index contributed by atoms with van der Waals surface area (Å²) in [7, 11) is 1.67. The highest BCUT2D eigenvalue weighted by atomic mass is 16.5. The van der Waals surface area contributed by atoms with E-state index in [1.807, 2.05) is 36.5 Å². The SMILES string of the molecule is COc1cccc(NC(C)c2cccnc2)c1. The Morgan fingerprint density at radius 1 is 1.24 bits per heavy atom. The third kappa shape index (κ3) is 2.97. The summed E-state index contributed by atoms with van der Waals surface area (Å²) in [6, 6.07) is 12.1. The summed E-state index contributed by atoms with van der Waals surface area (Å²) in [5, 5.41) is 3.41. The average Bonchev–Trinajstić information content (AvgIpc) is 2.40. The predicted molar refractivity (Wildman–Crippen MR) is 69.3 cm³/mol. The molecule has 1 aromatic carbocycles. The van der Waals surface area contributed by atoms with Crippen molar-refractivity contribution in [3.05, 3.63) is 54.4 Å². The number of methoxy groups -OCH3 is 1. The quantitative estimate of drug-likeness (QED) is 0.872. The van der Waals surface area contributed by atoms with Gasteiger partial charge in [0.1, 0.15) is 5.75 Å². The Hall–Kier alpha value is -2.03. The predicted octanol–water partition coefficient (Wildman–Crippen LogP) is 3.26. The molecule has 0 amide bonds. The molecule has 1 aromatic heterocycles. The van der Waals surface area contributed by atoms with Gasteiger partial charge in [0.05, 0.1) is 13.2 Å². The molecule has 1 unspecified atom stereocenters. The molecule has 0 saturated heterocycles. The molecule has 0 radical (unpaired) electrons. The van der Waals surface area contributed by atoms with Crippen LogP contribution < -0.4 is 10.1 Å². The molecule has 88 valence electrons. The monoisotopic (exact) mass is 228 g/mol. The van der Waals surface area contributed by atoms with Crippen LogP contribution >= 0.6 is 0 Å². The number of anilines is 1. The van der Waals surface area contributed by atoms with Gasteiger partial charge < -0.3 is 10.1 Å². The van der Waals surface area contributed by atoms with Gasteiger partial charge in [-0.25, -0.2) is 0 Å². The summed E-state index contributed by atoms with van der Waals surface area (Å²) in [5.74, 6) is 0.855. The summed E-state index contributed by atoms with van der Waals surface area (Å²) < 4.78 is 5.19. The van der Waals surface area contributed by atoms with Gasteiger partial charge in [0.25, 0.3) is 0 Å². The van der Waals surface area contributed by atoms with Crippen LogP contribution in [0, 0.1) is 0 Å². The maximum atomic E-state index is 5.19. The molecule has 0 bridgehead atoms. The van der Waals surface area contributed by atoms with E-state index in [0.29, 0.717) is 0 Å². The number of aromatic nitrogens is 1. The molecule has 3 nitrogen and oxygen atoms in total. The first-order chi connectivity index (χ1) is 8.29. The molecule has 17 heavy (non-hydrogen) atoms. The van der Waals surface area contributed by atoms with E-state index >= 15 is 0 Å². The summed E-state index contributed by atoms with van der Waals surface area (Å²) >= 11 is 0. The normalized spacial score (nSPS) is 11.9. The van der Waals surface area contributed by atoms with Crippen LogP contribution in [0.2, 0.25) is 0 Å². The maximum Gasteiger partial charge on any atom is 0.120 e. The van der Waals surface area contributed by atoms with E-state index in [-0.39, 0.29) is 6.04 Å². The fraction of sp³-hybridized carbons (Fsp3) is 0.214. The van der Waals surface area contributed by atoms with Crippen LogP contribution in [0.15, 0.2) is 48.8 Å². The van der Waals surface area contributed by atoms with Gasteiger partial charge in [-0.3, -0.25) is 4.98 Å². The molecule has 0 aliphatic carbocycles. The second-order valence-electron chi connectivity index (χ2n) is 3.88. The van der Waals surface area contributed by atoms with Gasteiger partial charge in [0.15, 0.2) is 0 Å². The van der Waals surface area contributed by atoms with Gasteiger partial charge >= 0.3 is 0 Å². The zero-order valence-corrected chi connectivity index (χ0v) is 10.1. The lowest BCUT2D eigenvalue weighted by Gasteiger charge is -2.15. The lowest BCUT2D eigenvalue weighted by Crippen LogP contribution is -2.06. The fourth-order valence-corrected chi connectivity index (χ4v) is 1.68. The van der Waals surface area contributed by atoms with E-state index < -0.39 is 0 Å². The summed E-state index contributed by atoms with van der Waals surface area (Å²) in [4.78, 5) is 4.12. The van der Waals surface area contributed by atoms with Crippen molar-refractivity contribution in [1.29, 1.82) is 0 Å². The van der Waals surface area contributed by atoms with Crippen molar-refractivity contribution >= 4 is 5.69 Å². The van der Waals surface area contributed by atoms with Crippen LogP contribution in [0.1, 0.15) is 18.5 Å². The first kappa shape index (κ1) is 11.5. The molecule has 1 heterocycles. The molecule has 2 aromatic rings. The molecule has 0 spiro atoms. The number of ether oxygens (including phenoxy) is 1. The Kier molecular flexibility index (Phi) is 3.60. The number of hydrogen-bond donors (Lipinski definition) is 1. The van der Waals surface area contributed by atoms with Gasteiger partial charge in [0, 0.05) is 24.1 Å². The zero-order chi connectivity index (χ0) is 12.1. The fourth-order valence-electron chi connectivity index (χ4n) is 1.68. The van der Waals surface area contributed by atoms with Crippen molar-refractivity contribution in [2.45, 2.75) is 13.0 Å². The van der Waals surface area contributed by atoms with Gasteiger partial charge in [-0.05, 0) is 30.7 Å². The minimum Gasteiger partial charge on any atom is -0.497 e. The van der Waals surface area contributed by atoms with Crippen molar-refractivity contribution in [2.24, 2.45) is 0 Å². The first-order valence-corrected chi connectivity index (χ1v) is 5.60. The van der Waals surface area contributed by atoms with Crippen molar-refractivity contribution < 1.29 is 4.74 Å². The zero-order valence-electron chi connectivity index (χ0n) is 10.1.